The molecule has 0 bridgehead atoms. The van der Waals surface area contributed by atoms with Crippen LogP contribution >= 0.6 is 0 Å². The van der Waals surface area contributed by atoms with Crippen molar-refractivity contribution in [2.45, 2.75) is 0 Å². The fourth-order valence-electron chi connectivity index (χ4n) is 1.59. The Bertz CT molecular complexity index is 602. The van der Waals surface area contributed by atoms with Gasteiger partial charge >= 0.3 is 0 Å². The summed E-state index contributed by atoms with van der Waals surface area (Å²) in [7, 11) is 0. The van der Waals surface area contributed by atoms with Crippen molar-refractivity contribution in [1.82, 2.24) is 20.0 Å². The molecule has 1 N–H and O–H groups in total. The molecule has 5 nitrogen and oxygen atoms in total. The van der Waals surface area contributed by atoms with Crippen molar-refractivity contribution in [2.24, 2.45) is 0 Å². The molecule has 0 radical (unpaired) electrons. The summed E-state index contributed by atoms with van der Waals surface area (Å²) in [5.74, 6) is 1.40. The van der Waals surface area contributed by atoms with Crippen LogP contribution in [0.4, 0.5) is 11.5 Å². The third-order valence-corrected chi connectivity index (χ3v) is 2.44. The van der Waals surface area contributed by atoms with E-state index in [1.165, 1.54) is 0 Å². The third kappa shape index (κ3) is 2.20. The van der Waals surface area contributed by atoms with Crippen LogP contribution < -0.4 is 5.32 Å². The minimum absolute atomic E-state index is 0.693. The Hall–Kier alpha value is -2.69. The van der Waals surface area contributed by atoms with Gasteiger partial charge in [0, 0.05) is 18.1 Å². The molecule has 0 saturated carbocycles. The molecule has 88 valence electrons. The molecule has 0 saturated heterocycles. The summed E-state index contributed by atoms with van der Waals surface area (Å²) in [5, 5.41) is 15.5. The van der Waals surface area contributed by atoms with Gasteiger partial charge in [0.2, 0.25) is 0 Å². The fraction of sp³-hybridized carbons (Fsp3) is 0. The second-order valence-corrected chi connectivity index (χ2v) is 3.72. The van der Waals surface area contributed by atoms with Gasteiger partial charge in [-0.25, -0.2) is 4.68 Å². The molecule has 0 amide bonds. The quantitative estimate of drug-likeness (QED) is 0.760. The average molecular weight is 237 g/mol. The molecule has 0 spiro atoms. The molecule has 18 heavy (non-hydrogen) atoms. The average Bonchev–Trinajstić information content (AvgIpc) is 2.95. The minimum atomic E-state index is 0.693. The van der Waals surface area contributed by atoms with Crippen LogP contribution in [0.15, 0.2) is 60.9 Å². The molecule has 0 atom stereocenters. The van der Waals surface area contributed by atoms with Crippen LogP contribution in [0.3, 0.4) is 0 Å². The van der Waals surface area contributed by atoms with Crippen molar-refractivity contribution in [3.05, 3.63) is 60.9 Å². The summed E-state index contributed by atoms with van der Waals surface area (Å²) in [6.07, 6.45) is 3.53. The van der Waals surface area contributed by atoms with Gasteiger partial charge in [-0.15, -0.1) is 10.2 Å². The molecule has 2 heterocycles. The van der Waals surface area contributed by atoms with E-state index in [4.69, 9.17) is 0 Å². The van der Waals surface area contributed by atoms with Crippen LogP contribution in [0, 0.1) is 0 Å². The van der Waals surface area contributed by atoms with Crippen LogP contribution in [0.25, 0.3) is 5.82 Å². The maximum atomic E-state index is 4.11. The van der Waals surface area contributed by atoms with E-state index in [9.17, 15) is 0 Å². The van der Waals surface area contributed by atoms with Gasteiger partial charge < -0.3 is 5.32 Å². The highest BCUT2D eigenvalue weighted by Crippen LogP contribution is 2.13. The number of benzene rings is 1. The first-order valence-corrected chi connectivity index (χ1v) is 5.58. The zero-order valence-electron chi connectivity index (χ0n) is 9.56. The number of aromatic nitrogens is 4. The number of hydrogen-bond donors (Lipinski definition) is 1. The van der Waals surface area contributed by atoms with E-state index in [1.54, 1.807) is 10.9 Å². The van der Waals surface area contributed by atoms with Gasteiger partial charge in [0.05, 0.1) is 0 Å². The molecule has 0 aliphatic heterocycles. The Morgan fingerprint density at radius 2 is 1.78 bits per heavy atom. The van der Waals surface area contributed by atoms with E-state index in [0.29, 0.717) is 11.6 Å². The van der Waals surface area contributed by atoms with Crippen LogP contribution in [0.1, 0.15) is 0 Å². The second kappa shape index (κ2) is 4.67. The first kappa shape index (κ1) is 10.5. The van der Waals surface area contributed by atoms with Gasteiger partial charge in [-0.05, 0) is 30.3 Å². The van der Waals surface area contributed by atoms with Crippen molar-refractivity contribution in [3.63, 3.8) is 0 Å². The van der Waals surface area contributed by atoms with E-state index < -0.39 is 0 Å². The SMILES string of the molecule is c1ccc(Nc2ccc(-n3cccn3)nn2)cc1. The number of nitrogens with zero attached hydrogens (tertiary/aromatic N) is 4. The maximum Gasteiger partial charge on any atom is 0.175 e. The lowest BCUT2D eigenvalue weighted by atomic mass is 10.3. The Kier molecular flexibility index (Phi) is 2.71. The number of rotatable bonds is 3. The van der Waals surface area contributed by atoms with Gasteiger partial charge in [-0.3, -0.25) is 0 Å². The maximum absolute atomic E-state index is 4.11. The van der Waals surface area contributed by atoms with Gasteiger partial charge in [0.1, 0.15) is 0 Å². The summed E-state index contributed by atoms with van der Waals surface area (Å²) in [4.78, 5) is 0. The summed E-state index contributed by atoms with van der Waals surface area (Å²) < 4.78 is 1.67. The minimum Gasteiger partial charge on any atom is -0.339 e. The first-order valence-electron chi connectivity index (χ1n) is 5.58. The zero-order chi connectivity index (χ0) is 12.2. The molecule has 3 aromatic rings. The Balaban J connectivity index is 1.80. The lowest BCUT2D eigenvalue weighted by Gasteiger charge is -2.05. The lowest BCUT2D eigenvalue weighted by molar-refractivity contribution is 0.816. The number of anilines is 2. The Morgan fingerprint density at radius 3 is 2.44 bits per heavy atom. The van der Waals surface area contributed by atoms with Crippen LogP contribution in [0.2, 0.25) is 0 Å². The van der Waals surface area contributed by atoms with E-state index >= 15 is 0 Å². The predicted octanol–water partition coefficient (Wildman–Crippen LogP) is 2.41. The molecule has 0 unspecified atom stereocenters. The third-order valence-electron chi connectivity index (χ3n) is 2.44. The predicted molar refractivity (Wildman–Crippen MR) is 68.9 cm³/mol. The monoisotopic (exact) mass is 237 g/mol. The van der Waals surface area contributed by atoms with Gasteiger partial charge in [-0.2, -0.15) is 5.10 Å². The summed E-state index contributed by atoms with van der Waals surface area (Å²) in [6, 6.07) is 15.4. The van der Waals surface area contributed by atoms with Gasteiger partial charge in [0.15, 0.2) is 11.6 Å². The van der Waals surface area contributed by atoms with Gasteiger partial charge in [-0.1, -0.05) is 18.2 Å². The summed E-state index contributed by atoms with van der Waals surface area (Å²) in [6.45, 7) is 0. The zero-order valence-corrected chi connectivity index (χ0v) is 9.56. The number of hydrogen-bond acceptors (Lipinski definition) is 4. The van der Waals surface area contributed by atoms with Crippen LogP contribution in [-0.2, 0) is 0 Å². The second-order valence-electron chi connectivity index (χ2n) is 3.72. The Morgan fingerprint density at radius 1 is 0.889 bits per heavy atom. The lowest BCUT2D eigenvalue weighted by Crippen LogP contribution is -2.01. The van der Waals surface area contributed by atoms with Crippen LogP contribution in [0.5, 0.6) is 0 Å². The van der Waals surface area contributed by atoms with Crippen molar-refractivity contribution < 1.29 is 0 Å². The highest BCUT2D eigenvalue weighted by atomic mass is 15.3. The van der Waals surface area contributed by atoms with E-state index in [-0.39, 0.29) is 0 Å². The summed E-state index contributed by atoms with van der Waals surface area (Å²) in [5.41, 5.74) is 0.985. The number of para-hydroxylation sites is 1. The van der Waals surface area contributed by atoms with E-state index in [1.807, 2.05) is 54.7 Å². The highest BCUT2D eigenvalue weighted by Gasteiger charge is 2.00. The van der Waals surface area contributed by atoms with Crippen LogP contribution in [-0.4, -0.2) is 20.0 Å². The molecule has 3 rings (SSSR count). The number of nitrogens with one attached hydrogen (secondary N) is 1. The van der Waals surface area contributed by atoms with Crippen molar-refractivity contribution in [1.29, 1.82) is 0 Å². The smallest absolute Gasteiger partial charge is 0.175 e. The molecule has 5 heteroatoms. The molecule has 0 fully saturated rings. The molecule has 0 aliphatic rings. The Labute approximate surface area is 104 Å². The topological polar surface area (TPSA) is 55.6 Å². The standard InChI is InChI=1S/C13H11N5/c1-2-5-11(6-3-1)15-12-7-8-13(17-16-12)18-10-4-9-14-18/h1-10H,(H,15,16). The van der Waals surface area contributed by atoms with E-state index in [0.717, 1.165) is 5.69 Å². The largest absolute Gasteiger partial charge is 0.339 e. The molecule has 2 aromatic heterocycles. The van der Waals surface area contributed by atoms with E-state index in [2.05, 4.69) is 20.6 Å². The van der Waals surface area contributed by atoms with Crippen molar-refractivity contribution in [3.8, 4) is 5.82 Å². The normalized spacial score (nSPS) is 10.2. The van der Waals surface area contributed by atoms with Gasteiger partial charge in [0.25, 0.3) is 0 Å². The highest BCUT2D eigenvalue weighted by molar-refractivity contribution is 5.55. The first-order chi connectivity index (χ1) is 8.92. The molecule has 1 aromatic carbocycles. The fourth-order valence-corrected chi connectivity index (χ4v) is 1.59. The summed E-state index contributed by atoms with van der Waals surface area (Å²) >= 11 is 0. The van der Waals surface area contributed by atoms with Crippen molar-refractivity contribution in [2.75, 3.05) is 5.32 Å². The molecule has 0 aliphatic carbocycles. The van der Waals surface area contributed by atoms with Crippen molar-refractivity contribution >= 4 is 11.5 Å². The molecular formula is C13H11N5. The molecular weight excluding hydrogens is 226 g/mol.